The van der Waals surface area contributed by atoms with Crippen molar-refractivity contribution in [2.24, 2.45) is 5.41 Å². The summed E-state index contributed by atoms with van der Waals surface area (Å²) in [7, 11) is -7.75. The molecule has 86 heavy (non-hydrogen) atoms. The van der Waals surface area contributed by atoms with Crippen molar-refractivity contribution in [1.29, 1.82) is 0 Å². The zero-order valence-corrected chi connectivity index (χ0v) is 57.3. The van der Waals surface area contributed by atoms with Crippen LogP contribution >= 0.6 is 11.8 Å². The van der Waals surface area contributed by atoms with E-state index in [1.54, 1.807) is 11.8 Å². The molecule has 3 fully saturated rings. The van der Waals surface area contributed by atoms with Gasteiger partial charge in [-0.25, -0.2) is 19.1 Å². The first-order valence-electron chi connectivity index (χ1n) is 30.2. The second-order valence-electron chi connectivity index (χ2n) is 27.7. The Labute approximate surface area is 517 Å². The number of aromatic nitrogens is 2. The van der Waals surface area contributed by atoms with Gasteiger partial charge in [0.2, 0.25) is 5.91 Å². The molecule has 5 aromatic rings. The number of carbonyl (C=O) groups is 2. The number of benzene rings is 4. The summed E-state index contributed by atoms with van der Waals surface area (Å²) in [5, 5.41) is 1.70. The highest BCUT2D eigenvalue weighted by atomic mass is 32.2. The van der Waals surface area contributed by atoms with E-state index in [1.807, 2.05) is 103 Å². The van der Waals surface area contributed by atoms with Gasteiger partial charge in [-0.3, -0.25) is 19.1 Å². The van der Waals surface area contributed by atoms with Crippen molar-refractivity contribution in [2.45, 2.75) is 187 Å². The van der Waals surface area contributed by atoms with Gasteiger partial charge in [0.15, 0.2) is 16.6 Å². The number of imide groups is 1. The number of amides is 3. The fourth-order valence-corrected chi connectivity index (χ4v) is 18.5. The molecule has 0 unspecified atom stereocenters. The second-order valence-corrected chi connectivity index (χ2v) is 42.4. The van der Waals surface area contributed by atoms with E-state index in [4.69, 9.17) is 37.0 Å². The summed E-state index contributed by atoms with van der Waals surface area (Å²) in [5.41, 5.74) is -0.864. The first kappa shape index (κ1) is 67.1. The Morgan fingerprint density at radius 2 is 1.10 bits per heavy atom. The summed E-state index contributed by atoms with van der Waals surface area (Å²) >= 11 is 1.54. The highest BCUT2D eigenvalue weighted by Gasteiger charge is 2.55. The number of rotatable bonds is 25. The first-order valence-corrected chi connectivity index (χ1v) is 39.3. The molecule has 7 atom stereocenters. The molecule has 0 bridgehead atoms. The Morgan fingerprint density at radius 3 is 1.63 bits per heavy atom. The van der Waals surface area contributed by atoms with Crippen molar-refractivity contribution in [3.05, 3.63) is 165 Å². The maximum absolute atomic E-state index is 15.4. The zero-order valence-electron chi connectivity index (χ0n) is 53.5. The van der Waals surface area contributed by atoms with Crippen LogP contribution < -0.4 is 21.6 Å². The molecule has 3 aliphatic heterocycles. The predicted octanol–water partition coefficient (Wildman–Crippen LogP) is 11.3. The molecule has 0 aliphatic carbocycles. The lowest BCUT2D eigenvalue weighted by Crippen LogP contribution is -2.67. The van der Waals surface area contributed by atoms with Gasteiger partial charge in [0.25, 0.3) is 13.9 Å². The average molecular weight is 1250 g/mol. The van der Waals surface area contributed by atoms with Crippen molar-refractivity contribution >= 4 is 59.0 Å². The molecule has 4 aromatic carbocycles. The molecular weight excluding hydrogens is 1160 g/mol. The number of urea groups is 1. The van der Waals surface area contributed by atoms with Crippen LogP contribution in [0.15, 0.2) is 137 Å². The molecule has 8 rings (SSSR count). The van der Waals surface area contributed by atoms with Gasteiger partial charge in [-0.1, -0.05) is 184 Å². The van der Waals surface area contributed by atoms with Gasteiger partial charge < -0.3 is 37.0 Å². The number of hydrogen-bond donors (Lipinski definition) is 0. The van der Waals surface area contributed by atoms with E-state index in [0.717, 1.165) is 31.0 Å². The Kier molecular flexibility index (Phi) is 21.5. The van der Waals surface area contributed by atoms with E-state index in [0.29, 0.717) is 12.4 Å². The van der Waals surface area contributed by atoms with Crippen LogP contribution in [0.1, 0.15) is 105 Å². The molecule has 3 aliphatic rings. The maximum Gasteiger partial charge on any atom is 0.335 e. The van der Waals surface area contributed by atoms with Crippen molar-refractivity contribution in [2.75, 3.05) is 38.7 Å². The summed E-state index contributed by atoms with van der Waals surface area (Å²) < 4.78 is 56.9. The highest BCUT2D eigenvalue weighted by molar-refractivity contribution is 7.98. The third-order valence-electron chi connectivity index (χ3n) is 18.2. The number of ether oxygens (including phenoxy) is 5. The van der Waals surface area contributed by atoms with Crippen LogP contribution in [0, 0.1) is 5.41 Å². The van der Waals surface area contributed by atoms with Crippen molar-refractivity contribution in [1.82, 2.24) is 18.9 Å². The van der Waals surface area contributed by atoms with Crippen molar-refractivity contribution in [3.63, 3.8) is 0 Å². The molecule has 0 saturated carbocycles. The van der Waals surface area contributed by atoms with Crippen molar-refractivity contribution < 1.29 is 46.6 Å². The lowest BCUT2D eigenvalue weighted by Gasteiger charge is -2.46. The number of nitrogens with zero attached hydrogens (tertiary/aromatic N) is 4. The van der Waals surface area contributed by atoms with Gasteiger partial charge in [0, 0.05) is 31.1 Å². The van der Waals surface area contributed by atoms with Gasteiger partial charge in [-0.15, -0.1) is 11.8 Å². The molecule has 3 amide bonds. The van der Waals surface area contributed by atoms with Crippen LogP contribution in [0.5, 0.6) is 0 Å². The molecule has 0 N–H and O–H groups in total. The van der Waals surface area contributed by atoms with Gasteiger partial charge in [-0.05, 0) is 82.4 Å². The van der Waals surface area contributed by atoms with Crippen LogP contribution in [0.2, 0.25) is 41.3 Å². The summed E-state index contributed by atoms with van der Waals surface area (Å²) in [6.45, 7) is 30.1. The number of hydrogen-bond acceptors (Lipinski definition) is 13. The quantitative estimate of drug-likeness (QED) is 0.0402. The highest BCUT2D eigenvalue weighted by Crippen LogP contribution is 2.44. The topological polar surface area (TPSA) is 158 Å². The maximum atomic E-state index is 15.4. The standard InChI is InChI=1S/C66H94N4O12SSi3/c1-63(2,3)84(12,13)78-42-56-54(82-85(14,15)64(4,5)6)37-57(81-56)67-39-50(59(71)69(61(67)73)45-75-40-48-28-20-16-21-29-48)38-66(10)44-68(62(74)70(60(66)72)46-76-41-49-30-22-17-23-31-49)58-36-53(77-47-83-11)55(80-58)43-79-86(65(7,8)9,51-32-24-18-25-33-51)52-34-26-19-27-35-52/h16-35,39,53-58H,36-38,40-47H2,1-15H3/t53-,54-,55+,56+,57+,58+,66+/m0/s1. The molecular formula is C66H94N4O12SSi3. The van der Waals surface area contributed by atoms with Crippen LogP contribution in [0.3, 0.4) is 0 Å². The number of thioether (sulfide) groups is 1. The summed E-state index contributed by atoms with van der Waals surface area (Å²) in [6.07, 6.45) is 0.0431. The summed E-state index contributed by atoms with van der Waals surface area (Å²) in [6, 6.07) is 39.3. The van der Waals surface area contributed by atoms with E-state index >= 15 is 19.2 Å². The third-order valence-corrected chi connectivity index (χ3v) is 32.6. The fraction of sp³-hybridized carbons (Fsp3) is 0.545. The molecule has 4 heterocycles. The van der Waals surface area contributed by atoms with E-state index in [-0.39, 0.29) is 80.0 Å². The Morgan fingerprint density at radius 1 is 0.616 bits per heavy atom. The van der Waals surface area contributed by atoms with Crippen LogP contribution in [0.25, 0.3) is 0 Å². The number of carbonyl (C=O) groups excluding carboxylic acids is 2. The SMILES string of the molecule is CSCO[C@H]1C[C@H](N2C[C@@](C)(Cc3cn([C@H]4C[C@H](O[Si](C)(C)C(C)(C)C)[C@@H](CO[Si](C)(C)C(C)(C)C)O4)c(=O)n(COCc4ccccc4)c3=O)C(=O)N(COCc3ccccc3)C2=O)O[C@@H]1CO[Si](c1ccccc1)(c1ccccc1)C(C)(C)C. The smallest absolute Gasteiger partial charge is 0.335 e. The Bertz CT molecular complexity index is 3130. The Balaban J connectivity index is 1.17. The van der Waals surface area contributed by atoms with E-state index in [2.05, 4.69) is 113 Å². The zero-order chi connectivity index (χ0) is 62.5. The van der Waals surface area contributed by atoms with Crippen molar-refractivity contribution in [3.8, 4) is 0 Å². The summed E-state index contributed by atoms with van der Waals surface area (Å²) in [4.78, 5) is 63.6. The predicted molar refractivity (Wildman–Crippen MR) is 347 cm³/mol. The lowest BCUT2D eigenvalue weighted by atomic mass is 9.80. The minimum Gasteiger partial charge on any atom is -0.414 e. The first-order chi connectivity index (χ1) is 40.5. The summed E-state index contributed by atoms with van der Waals surface area (Å²) in [5.74, 6) is -0.173. The second kappa shape index (κ2) is 27.5. The Hall–Kier alpha value is -4.82. The monoisotopic (exact) mass is 1250 g/mol. The fourth-order valence-electron chi connectivity index (χ4n) is 11.3. The lowest BCUT2D eigenvalue weighted by molar-refractivity contribution is -0.155. The normalized spacial score (nSPS) is 22.7. The largest absolute Gasteiger partial charge is 0.414 e. The van der Waals surface area contributed by atoms with Gasteiger partial charge in [0.05, 0.1) is 50.0 Å². The van der Waals surface area contributed by atoms with Crippen LogP contribution in [-0.4, -0.2) is 125 Å². The average Bonchev–Trinajstić information content (AvgIpc) is 1.08. The minimum absolute atomic E-state index is 0.0757. The van der Waals surface area contributed by atoms with Crippen LogP contribution in [-0.2, 0) is 68.1 Å². The van der Waals surface area contributed by atoms with E-state index in [1.165, 1.54) is 22.5 Å². The van der Waals surface area contributed by atoms with E-state index in [9.17, 15) is 0 Å². The molecule has 468 valence electrons. The third kappa shape index (κ3) is 15.1. The van der Waals surface area contributed by atoms with Gasteiger partial charge in [-0.2, -0.15) is 0 Å². The molecule has 0 radical (unpaired) electrons. The molecule has 3 saturated heterocycles. The van der Waals surface area contributed by atoms with Crippen LogP contribution in [0.4, 0.5) is 4.79 Å². The molecule has 0 spiro atoms. The minimum atomic E-state index is -3.06. The van der Waals surface area contributed by atoms with Gasteiger partial charge >= 0.3 is 11.7 Å². The van der Waals surface area contributed by atoms with E-state index < -0.39 is 90.4 Å². The molecule has 1 aromatic heterocycles. The van der Waals surface area contributed by atoms with Gasteiger partial charge in [0.1, 0.15) is 38.1 Å². The molecule has 16 nitrogen and oxygen atoms in total. The molecule has 20 heteroatoms.